The number of aromatic nitrogens is 8. The lowest BCUT2D eigenvalue weighted by Crippen LogP contribution is -2.01. The van der Waals surface area contributed by atoms with Crippen LogP contribution in [0.15, 0.2) is 219 Å². The minimum absolute atomic E-state index is 0.628. The van der Waals surface area contributed by atoms with Crippen molar-refractivity contribution in [2.75, 3.05) is 0 Å². The molecule has 5 heterocycles. The number of para-hydroxylation sites is 1. The topological polar surface area (TPSA) is 95.2 Å². The Balaban J connectivity index is 1.19. The van der Waals surface area contributed by atoms with Crippen molar-refractivity contribution in [1.82, 2.24) is 39.5 Å². The molecule has 8 heteroatoms. The van der Waals surface area contributed by atoms with Crippen molar-refractivity contribution < 1.29 is 0 Å². The summed E-state index contributed by atoms with van der Waals surface area (Å²) < 4.78 is 2.25. The van der Waals surface area contributed by atoms with E-state index in [1.165, 1.54) is 0 Å². The van der Waals surface area contributed by atoms with Gasteiger partial charge in [-0.3, -0.25) is 14.5 Å². The van der Waals surface area contributed by atoms with Crippen molar-refractivity contribution in [3.05, 3.63) is 219 Å². The van der Waals surface area contributed by atoms with Crippen LogP contribution in [-0.4, -0.2) is 39.5 Å². The maximum Gasteiger partial charge on any atom is 0.160 e. The molecule has 0 radical (unpaired) electrons. The second-order valence-electron chi connectivity index (χ2n) is 15.8. The van der Waals surface area contributed by atoms with E-state index in [-0.39, 0.29) is 0 Å². The van der Waals surface area contributed by atoms with Gasteiger partial charge in [-0.05, 0) is 66.7 Å². The molecule has 65 heavy (non-hydrogen) atoms. The van der Waals surface area contributed by atoms with Crippen LogP contribution in [0.2, 0.25) is 0 Å². The fraction of sp³-hybridized carbons (Fsp3) is 0. The first-order valence-corrected chi connectivity index (χ1v) is 21.5. The van der Waals surface area contributed by atoms with E-state index >= 15 is 0 Å². The molecule has 0 saturated carbocycles. The third-order valence-corrected chi connectivity index (χ3v) is 11.7. The minimum atomic E-state index is 0.628. The number of hydrogen-bond donors (Lipinski definition) is 0. The minimum Gasteiger partial charge on any atom is -0.292 e. The lowest BCUT2D eigenvalue weighted by molar-refractivity contribution is 1.10. The third kappa shape index (κ3) is 6.96. The quantitative estimate of drug-likeness (QED) is 0.141. The van der Waals surface area contributed by atoms with Crippen LogP contribution in [0.1, 0.15) is 0 Å². The predicted molar refractivity (Wildman–Crippen MR) is 261 cm³/mol. The Morgan fingerprint density at radius 1 is 0.292 bits per heavy atom. The van der Waals surface area contributed by atoms with Gasteiger partial charge in [-0.15, -0.1) is 0 Å². The highest BCUT2D eigenvalue weighted by atomic mass is 15.1. The smallest absolute Gasteiger partial charge is 0.160 e. The molecule has 0 fully saturated rings. The zero-order valence-corrected chi connectivity index (χ0v) is 34.9. The Hall–Kier alpha value is -9.01. The van der Waals surface area contributed by atoms with Gasteiger partial charge >= 0.3 is 0 Å². The van der Waals surface area contributed by atoms with Crippen LogP contribution in [0.4, 0.5) is 0 Å². The van der Waals surface area contributed by atoms with Gasteiger partial charge in [0, 0.05) is 67.8 Å². The largest absolute Gasteiger partial charge is 0.292 e. The monoisotopic (exact) mass is 832 g/mol. The molecule has 12 rings (SSSR count). The van der Waals surface area contributed by atoms with E-state index < -0.39 is 0 Å². The molecule has 12 aromatic rings. The van der Waals surface area contributed by atoms with E-state index in [1.807, 2.05) is 128 Å². The molecular weight excluding hydrogens is 797 g/mol. The van der Waals surface area contributed by atoms with Crippen molar-refractivity contribution >= 4 is 32.8 Å². The van der Waals surface area contributed by atoms with Crippen LogP contribution in [0.25, 0.3) is 118 Å². The van der Waals surface area contributed by atoms with Gasteiger partial charge in [0.05, 0.1) is 44.8 Å². The van der Waals surface area contributed by atoms with Gasteiger partial charge in [0.2, 0.25) is 0 Å². The number of benzene rings is 7. The summed E-state index contributed by atoms with van der Waals surface area (Å²) in [5.41, 5.74) is 14.0. The van der Waals surface area contributed by atoms with Crippen LogP contribution in [0.3, 0.4) is 0 Å². The Bertz CT molecular complexity index is 3430. The van der Waals surface area contributed by atoms with Crippen LogP contribution >= 0.6 is 0 Å². The maximum atomic E-state index is 5.60. The lowest BCUT2D eigenvalue weighted by atomic mass is 9.98. The van der Waals surface area contributed by atoms with Crippen LogP contribution < -0.4 is 0 Å². The maximum absolute atomic E-state index is 5.60. The molecule has 0 aliphatic heterocycles. The second-order valence-corrected chi connectivity index (χ2v) is 15.8. The lowest BCUT2D eigenvalue weighted by Gasteiger charge is -2.15. The molecular formula is C57H36N8. The molecule has 5 aromatic heterocycles. The predicted octanol–water partition coefficient (Wildman–Crippen LogP) is 13.4. The number of rotatable bonds is 8. The van der Waals surface area contributed by atoms with Gasteiger partial charge in [-0.1, -0.05) is 140 Å². The van der Waals surface area contributed by atoms with E-state index in [4.69, 9.17) is 34.9 Å². The van der Waals surface area contributed by atoms with Crippen molar-refractivity contribution in [1.29, 1.82) is 0 Å². The summed E-state index contributed by atoms with van der Waals surface area (Å²) in [7, 11) is 0. The number of nitrogens with zero attached hydrogens (tertiary/aromatic N) is 8. The van der Waals surface area contributed by atoms with Crippen LogP contribution in [0, 0.1) is 0 Å². The highest BCUT2D eigenvalue weighted by molar-refractivity contribution is 6.21. The van der Waals surface area contributed by atoms with Crippen molar-refractivity contribution in [3.63, 3.8) is 0 Å². The highest BCUT2D eigenvalue weighted by Crippen LogP contribution is 2.41. The van der Waals surface area contributed by atoms with E-state index in [9.17, 15) is 0 Å². The molecule has 0 bridgehead atoms. The van der Waals surface area contributed by atoms with Crippen LogP contribution in [-0.2, 0) is 0 Å². The summed E-state index contributed by atoms with van der Waals surface area (Å²) in [5.74, 6) is 2.00. The fourth-order valence-corrected chi connectivity index (χ4v) is 8.64. The fourth-order valence-electron chi connectivity index (χ4n) is 8.64. The van der Waals surface area contributed by atoms with Crippen LogP contribution in [0.5, 0.6) is 0 Å². The molecule has 8 nitrogen and oxygen atoms in total. The standard InChI is InChI=1S/C57H36N8/c1-6-18-37(19-7-1)47-35-49(62-55(60-47)39-22-10-3-11-23-39)41-32-42(50-36-48(38-20-8-2-9-21-38)61-56(63-50)40-24-12-4-13-25-40)34-43(33-41)57-64-53-45-28-16-30-58-51(45)52-46(29-17-31-59-52)54(53)65(57)44-26-14-5-15-27-44/h1-36H. The number of hydrogen-bond acceptors (Lipinski definition) is 7. The number of imidazole rings is 1. The summed E-state index contributed by atoms with van der Waals surface area (Å²) in [5, 5.41) is 1.88. The first kappa shape index (κ1) is 37.7. The van der Waals surface area contributed by atoms with Gasteiger partial charge < -0.3 is 0 Å². The average Bonchev–Trinajstić information content (AvgIpc) is 3.81. The zero-order chi connectivity index (χ0) is 43.1. The average molecular weight is 833 g/mol. The third-order valence-electron chi connectivity index (χ3n) is 11.7. The SMILES string of the molecule is c1ccc(-c2cc(-c3cc(-c4cc(-c5ccccc5)nc(-c5ccccc5)n4)cc(-c4nc5c6cccnc6c6ncccc6c5n4-c4ccccc4)c3)nc(-c3ccccc3)n2)cc1. The summed E-state index contributed by atoms with van der Waals surface area (Å²) >= 11 is 0. The Morgan fingerprint density at radius 2 is 0.692 bits per heavy atom. The molecule has 0 saturated heterocycles. The number of fused-ring (bicyclic) bond motifs is 6. The summed E-state index contributed by atoms with van der Waals surface area (Å²) in [6.07, 6.45) is 3.64. The number of pyridine rings is 2. The summed E-state index contributed by atoms with van der Waals surface area (Å²) in [6.45, 7) is 0. The first-order valence-electron chi connectivity index (χ1n) is 21.5. The second kappa shape index (κ2) is 16.0. The summed E-state index contributed by atoms with van der Waals surface area (Å²) in [6, 6.07) is 70.0. The first-order chi connectivity index (χ1) is 32.2. The van der Waals surface area contributed by atoms with Gasteiger partial charge in [0.25, 0.3) is 0 Å². The molecule has 0 unspecified atom stereocenters. The van der Waals surface area contributed by atoms with Crippen molar-refractivity contribution in [2.24, 2.45) is 0 Å². The molecule has 0 aliphatic rings. The molecule has 0 atom stereocenters. The molecule has 0 aliphatic carbocycles. The molecule has 0 N–H and O–H groups in total. The van der Waals surface area contributed by atoms with Crippen molar-refractivity contribution in [2.45, 2.75) is 0 Å². The molecule has 304 valence electrons. The van der Waals surface area contributed by atoms with E-state index in [0.717, 1.165) is 106 Å². The Kier molecular flexibility index (Phi) is 9.31. The molecule has 0 spiro atoms. The van der Waals surface area contributed by atoms with E-state index in [1.54, 1.807) is 0 Å². The molecule has 0 amide bonds. The Morgan fingerprint density at radius 3 is 1.18 bits per heavy atom. The van der Waals surface area contributed by atoms with E-state index in [0.29, 0.717) is 11.6 Å². The van der Waals surface area contributed by atoms with Gasteiger partial charge in [0.15, 0.2) is 11.6 Å². The normalized spacial score (nSPS) is 11.4. The van der Waals surface area contributed by atoms with Gasteiger partial charge in [0.1, 0.15) is 5.82 Å². The molecule has 7 aromatic carbocycles. The highest BCUT2D eigenvalue weighted by Gasteiger charge is 2.23. The van der Waals surface area contributed by atoms with Gasteiger partial charge in [-0.2, -0.15) is 0 Å². The van der Waals surface area contributed by atoms with E-state index in [2.05, 4.69) is 95.6 Å². The van der Waals surface area contributed by atoms with Crippen molar-refractivity contribution in [3.8, 4) is 84.9 Å². The van der Waals surface area contributed by atoms with Gasteiger partial charge in [-0.25, -0.2) is 24.9 Å². The Labute approximate surface area is 374 Å². The summed E-state index contributed by atoms with van der Waals surface area (Å²) in [4.78, 5) is 36.2. The zero-order valence-electron chi connectivity index (χ0n) is 34.9.